The Labute approximate surface area is 199 Å². The normalized spacial score (nSPS) is 12.8. The van der Waals surface area contributed by atoms with Gasteiger partial charge in [-0.05, 0) is 56.0 Å². The summed E-state index contributed by atoms with van der Waals surface area (Å²) in [6.45, 7) is 8.18. The molecular weight excluding hydrogens is 451 g/mol. The molecule has 0 bridgehead atoms. The van der Waals surface area contributed by atoms with Crippen LogP contribution in [0.3, 0.4) is 0 Å². The molecule has 2 rings (SSSR count). The van der Waals surface area contributed by atoms with Crippen LogP contribution in [0.15, 0.2) is 42.5 Å². The number of benzene rings is 2. The molecule has 4 nitrogen and oxygen atoms in total. The molecule has 0 fully saturated rings. The van der Waals surface area contributed by atoms with E-state index < -0.39 is 6.04 Å². The van der Waals surface area contributed by atoms with Crippen LogP contribution in [0.25, 0.3) is 0 Å². The summed E-state index contributed by atoms with van der Waals surface area (Å²) in [5, 5.41) is 4.01. The van der Waals surface area contributed by atoms with Crippen LogP contribution in [0.5, 0.6) is 0 Å². The van der Waals surface area contributed by atoms with Gasteiger partial charge in [0.05, 0.1) is 15.8 Å². The summed E-state index contributed by atoms with van der Waals surface area (Å²) in [7, 11) is 0. The first-order chi connectivity index (χ1) is 14.7. The molecule has 0 aliphatic carbocycles. The number of halogens is 2. The van der Waals surface area contributed by atoms with Gasteiger partial charge in [-0.3, -0.25) is 9.59 Å². The van der Waals surface area contributed by atoms with Gasteiger partial charge in [-0.15, -0.1) is 11.8 Å². The van der Waals surface area contributed by atoms with Crippen LogP contribution in [0.4, 0.5) is 0 Å². The number of aryl methyl sites for hydroxylation is 1. The predicted molar refractivity (Wildman–Crippen MR) is 132 cm³/mol. The molecule has 0 spiro atoms. The summed E-state index contributed by atoms with van der Waals surface area (Å²) in [5.74, 6) is 0.701. The van der Waals surface area contributed by atoms with Crippen molar-refractivity contribution in [1.29, 1.82) is 0 Å². The Balaban J connectivity index is 2.10. The van der Waals surface area contributed by atoms with Gasteiger partial charge in [-0.25, -0.2) is 0 Å². The van der Waals surface area contributed by atoms with Gasteiger partial charge in [0.25, 0.3) is 0 Å². The molecule has 0 unspecified atom stereocenters. The lowest BCUT2D eigenvalue weighted by molar-refractivity contribution is -0.138. The second-order valence-electron chi connectivity index (χ2n) is 7.68. The van der Waals surface area contributed by atoms with Crippen molar-refractivity contribution in [3.63, 3.8) is 0 Å². The van der Waals surface area contributed by atoms with Gasteiger partial charge >= 0.3 is 0 Å². The minimum atomic E-state index is -0.563. The van der Waals surface area contributed by atoms with Crippen molar-refractivity contribution in [1.82, 2.24) is 10.2 Å². The molecule has 168 valence electrons. The molecule has 2 aromatic carbocycles. The summed E-state index contributed by atoms with van der Waals surface area (Å²) in [5.41, 5.74) is 3.13. The molecule has 0 saturated heterocycles. The van der Waals surface area contributed by atoms with Crippen LogP contribution in [0.1, 0.15) is 43.9 Å². The number of amides is 2. The molecule has 0 radical (unpaired) electrons. The second-order valence-corrected chi connectivity index (χ2v) is 9.48. The van der Waals surface area contributed by atoms with Gasteiger partial charge in [0.15, 0.2) is 0 Å². The molecule has 2 atom stereocenters. The summed E-state index contributed by atoms with van der Waals surface area (Å²) in [4.78, 5) is 27.6. The van der Waals surface area contributed by atoms with Crippen LogP contribution in [-0.2, 0) is 21.9 Å². The van der Waals surface area contributed by atoms with Gasteiger partial charge in [0, 0.05) is 18.3 Å². The summed E-state index contributed by atoms with van der Waals surface area (Å²) in [6, 6.07) is 12.9. The Bertz CT molecular complexity index is 907. The Hall–Kier alpha value is -1.69. The molecule has 2 aromatic rings. The first-order valence-corrected chi connectivity index (χ1v) is 12.3. The molecule has 31 heavy (non-hydrogen) atoms. The van der Waals surface area contributed by atoms with Crippen molar-refractivity contribution in [3.8, 4) is 0 Å². The molecule has 1 N–H and O–H groups in total. The van der Waals surface area contributed by atoms with E-state index in [-0.39, 0.29) is 23.6 Å². The minimum absolute atomic E-state index is 0.0643. The summed E-state index contributed by atoms with van der Waals surface area (Å²) < 4.78 is 0. The van der Waals surface area contributed by atoms with E-state index in [1.807, 2.05) is 57.2 Å². The van der Waals surface area contributed by atoms with Crippen molar-refractivity contribution < 1.29 is 9.59 Å². The Morgan fingerprint density at radius 2 is 1.81 bits per heavy atom. The van der Waals surface area contributed by atoms with Crippen molar-refractivity contribution >= 4 is 46.8 Å². The number of carbonyl (C=O) groups excluding carboxylic acids is 2. The summed E-state index contributed by atoms with van der Waals surface area (Å²) >= 11 is 13.5. The van der Waals surface area contributed by atoms with Gasteiger partial charge in [-0.2, -0.15) is 0 Å². The zero-order valence-electron chi connectivity index (χ0n) is 18.5. The molecule has 2 amide bonds. The fourth-order valence-electron chi connectivity index (χ4n) is 2.99. The molecule has 0 heterocycles. The van der Waals surface area contributed by atoms with Crippen molar-refractivity contribution in [2.45, 2.75) is 58.5 Å². The third-order valence-electron chi connectivity index (χ3n) is 5.25. The zero-order chi connectivity index (χ0) is 23.0. The first-order valence-electron chi connectivity index (χ1n) is 10.4. The number of carbonyl (C=O) groups is 2. The van der Waals surface area contributed by atoms with Crippen molar-refractivity contribution in [3.05, 3.63) is 69.2 Å². The highest BCUT2D eigenvalue weighted by molar-refractivity contribution is 7.99. The molecule has 0 aliphatic heterocycles. The van der Waals surface area contributed by atoms with Crippen LogP contribution in [-0.4, -0.2) is 34.6 Å². The zero-order valence-corrected chi connectivity index (χ0v) is 20.8. The van der Waals surface area contributed by atoms with E-state index in [1.165, 1.54) is 11.8 Å². The van der Waals surface area contributed by atoms with Gasteiger partial charge in [-0.1, -0.05) is 60.5 Å². The lowest BCUT2D eigenvalue weighted by Gasteiger charge is -2.30. The van der Waals surface area contributed by atoms with Gasteiger partial charge < -0.3 is 10.2 Å². The molecule has 7 heteroatoms. The maximum Gasteiger partial charge on any atom is 0.242 e. The topological polar surface area (TPSA) is 49.4 Å². The smallest absolute Gasteiger partial charge is 0.242 e. The monoisotopic (exact) mass is 480 g/mol. The Morgan fingerprint density at radius 1 is 1.10 bits per heavy atom. The second kappa shape index (κ2) is 12.4. The van der Waals surface area contributed by atoms with Gasteiger partial charge in [0.2, 0.25) is 11.8 Å². The highest BCUT2D eigenvalue weighted by atomic mass is 35.5. The van der Waals surface area contributed by atoms with Gasteiger partial charge in [0.1, 0.15) is 6.04 Å². The predicted octanol–water partition coefficient (Wildman–Crippen LogP) is 5.87. The van der Waals surface area contributed by atoms with E-state index >= 15 is 0 Å². The first kappa shape index (κ1) is 25.6. The lowest BCUT2D eigenvalue weighted by atomic mass is 10.1. The number of hydrogen-bond donors (Lipinski definition) is 1. The van der Waals surface area contributed by atoms with Crippen LogP contribution in [0, 0.1) is 6.92 Å². The molecule has 0 aliphatic rings. The number of hydrogen-bond acceptors (Lipinski definition) is 3. The average molecular weight is 481 g/mol. The maximum atomic E-state index is 13.1. The Kier molecular flexibility index (Phi) is 10.2. The number of rotatable bonds is 10. The van der Waals surface area contributed by atoms with Crippen molar-refractivity contribution in [2.24, 2.45) is 0 Å². The third-order valence-corrected chi connectivity index (χ3v) is 6.98. The summed E-state index contributed by atoms with van der Waals surface area (Å²) in [6.07, 6.45) is 0.837. The highest BCUT2D eigenvalue weighted by Gasteiger charge is 2.27. The quantitative estimate of drug-likeness (QED) is 0.462. The minimum Gasteiger partial charge on any atom is -0.352 e. The van der Waals surface area contributed by atoms with Crippen LogP contribution in [0.2, 0.25) is 10.0 Å². The average Bonchev–Trinajstić information content (AvgIpc) is 2.74. The molecule has 0 aromatic heterocycles. The van der Waals surface area contributed by atoms with Crippen LogP contribution < -0.4 is 5.32 Å². The van der Waals surface area contributed by atoms with E-state index in [2.05, 4.69) is 5.32 Å². The fraction of sp³-hybridized carbons (Fsp3) is 0.417. The van der Waals surface area contributed by atoms with Crippen molar-refractivity contribution in [2.75, 3.05) is 5.75 Å². The highest BCUT2D eigenvalue weighted by Crippen LogP contribution is 2.25. The van der Waals surface area contributed by atoms with Crippen LogP contribution >= 0.6 is 35.0 Å². The molecule has 0 saturated carbocycles. The largest absolute Gasteiger partial charge is 0.352 e. The fourth-order valence-corrected chi connectivity index (χ4v) is 4.17. The standard InChI is InChI=1S/C24H30Cl2N2O2S/c1-5-17(3)27-24(30)18(4)28(13-20-9-7-6-8-16(20)2)23(29)15-31-14-19-10-11-21(25)22(26)12-19/h6-12,17-18H,5,13-15H2,1-4H3,(H,27,30)/t17-,18-/m0/s1. The SMILES string of the molecule is CC[C@H](C)NC(=O)[C@H](C)N(Cc1ccccc1C)C(=O)CSCc1ccc(Cl)c(Cl)c1. The molecular formula is C24H30Cl2N2O2S. The number of thioether (sulfide) groups is 1. The van der Waals surface area contributed by atoms with E-state index in [0.717, 1.165) is 23.1 Å². The maximum absolute atomic E-state index is 13.1. The lowest BCUT2D eigenvalue weighted by Crippen LogP contribution is -2.50. The third kappa shape index (κ3) is 7.74. The van der Waals surface area contributed by atoms with E-state index in [9.17, 15) is 9.59 Å². The number of nitrogens with zero attached hydrogens (tertiary/aromatic N) is 1. The van der Waals surface area contributed by atoms with E-state index in [4.69, 9.17) is 23.2 Å². The Morgan fingerprint density at radius 3 is 2.45 bits per heavy atom. The van der Waals surface area contributed by atoms with E-state index in [1.54, 1.807) is 17.9 Å². The van der Waals surface area contributed by atoms with E-state index in [0.29, 0.717) is 22.3 Å². The number of nitrogens with one attached hydrogen (secondary N) is 1.